The van der Waals surface area contributed by atoms with Gasteiger partial charge in [-0.1, -0.05) is 49.7 Å². The Balaban J connectivity index is 2.82. The van der Waals surface area contributed by atoms with Gasteiger partial charge in [0.05, 0.1) is 0 Å². The van der Waals surface area contributed by atoms with Gasteiger partial charge in [0.25, 0.3) is 0 Å². The van der Waals surface area contributed by atoms with Crippen molar-refractivity contribution >= 4 is 15.9 Å². The first-order valence-electron chi connectivity index (χ1n) is 6.52. The van der Waals surface area contributed by atoms with E-state index in [9.17, 15) is 4.39 Å². The summed E-state index contributed by atoms with van der Waals surface area (Å²) in [4.78, 5) is 0. The number of nitrogens with one attached hydrogen (secondary N) is 1. The van der Waals surface area contributed by atoms with Crippen molar-refractivity contribution in [1.82, 2.24) is 5.32 Å². The highest BCUT2D eigenvalue weighted by atomic mass is 79.9. The average molecular weight is 316 g/mol. The first kappa shape index (κ1) is 15.6. The number of rotatable bonds is 5. The summed E-state index contributed by atoms with van der Waals surface area (Å²) in [5.74, 6) is -0.195. The molecule has 1 aromatic carbocycles. The van der Waals surface area contributed by atoms with Gasteiger partial charge in [0.2, 0.25) is 0 Å². The summed E-state index contributed by atoms with van der Waals surface area (Å²) >= 11 is 3.44. The van der Waals surface area contributed by atoms with E-state index in [1.165, 1.54) is 12.1 Å². The largest absolute Gasteiger partial charge is 0.313 e. The van der Waals surface area contributed by atoms with E-state index in [1.54, 1.807) is 0 Å². The second-order valence-electron chi connectivity index (χ2n) is 5.81. The molecule has 0 fully saturated rings. The van der Waals surface area contributed by atoms with Crippen LogP contribution < -0.4 is 5.32 Å². The van der Waals surface area contributed by atoms with Gasteiger partial charge in [-0.3, -0.25) is 0 Å². The summed E-state index contributed by atoms with van der Waals surface area (Å²) in [6.45, 7) is 9.88. The molecular formula is C15H23BrFN. The molecule has 102 valence electrons. The van der Waals surface area contributed by atoms with Crippen molar-refractivity contribution in [2.24, 2.45) is 5.41 Å². The van der Waals surface area contributed by atoms with Crippen molar-refractivity contribution in [3.8, 4) is 0 Å². The second-order valence-corrected chi connectivity index (χ2v) is 6.67. The van der Waals surface area contributed by atoms with Gasteiger partial charge in [-0.25, -0.2) is 4.39 Å². The van der Waals surface area contributed by atoms with Crippen molar-refractivity contribution in [3.63, 3.8) is 0 Å². The molecule has 18 heavy (non-hydrogen) atoms. The molecule has 0 saturated carbocycles. The highest BCUT2D eigenvalue weighted by Gasteiger charge is 2.24. The van der Waals surface area contributed by atoms with Crippen LogP contribution in [0.2, 0.25) is 0 Å². The Labute approximate surface area is 118 Å². The fourth-order valence-electron chi connectivity index (χ4n) is 1.91. The summed E-state index contributed by atoms with van der Waals surface area (Å²) in [7, 11) is 0. The molecular weight excluding hydrogens is 293 g/mol. The van der Waals surface area contributed by atoms with Crippen LogP contribution in [0.3, 0.4) is 0 Å². The van der Waals surface area contributed by atoms with Crippen molar-refractivity contribution < 1.29 is 4.39 Å². The van der Waals surface area contributed by atoms with Crippen molar-refractivity contribution in [1.29, 1.82) is 0 Å². The van der Waals surface area contributed by atoms with E-state index < -0.39 is 0 Å². The normalized spacial score (nSPS) is 13.7. The molecule has 0 spiro atoms. The van der Waals surface area contributed by atoms with Crippen LogP contribution >= 0.6 is 15.9 Å². The van der Waals surface area contributed by atoms with E-state index in [2.05, 4.69) is 48.9 Å². The molecule has 1 nitrogen and oxygen atoms in total. The van der Waals surface area contributed by atoms with Crippen molar-refractivity contribution in [2.45, 2.75) is 46.6 Å². The zero-order chi connectivity index (χ0) is 13.8. The molecule has 0 amide bonds. The lowest BCUT2D eigenvalue weighted by Crippen LogP contribution is -2.42. The van der Waals surface area contributed by atoms with Crippen LogP contribution in [0, 0.1) is 11.2 Å². The van der Waals surface area contributed by atoms with Gasteiger partial charge in [-0.15, -0.1) is 0 Å². The zero-order valence-electron chi connectivity index (χ0n) is 11.7. The summed E-state index contributed by atoms with van der Waals surface area (Å²) in [5.41, 5.74) is 1.34. The maximum atomic E-state index is 13.1. The first-order chi connectivity index (χ1) is 8.34. The van der Waals surface area contributed by atoms with Gasteiger partial charge in [0.15, 0.2) is 0 Å². The molecule has 0 aliphatic heterocycles. The van der Waals surface area contributed by atoms with Gasteiger partial charge >= 0.3 is 0 Å². The molecule has 1 unspecified atom stereocenters. The molecule has 0 saturated heterocycles. The summed E-state index contributed by atoms with van der Waals surface area (Å²) in [6, 6.07) is 5.32. The Hall–Kier alpha value is -0.410. The van der Waals surface area contributed by atoms with Crippen LogP contribution in [0.5, 0.6) is 0 Å². The standard InChI is InChI=1S/C15H23BrFN/c1-5-8-18-14(15(2,3)4)9-11-6-7-12(17)10-13(11)16/h6-7,10,14,18H,5,8-9H2,1-4H3. The Morgan fingerprint density at radius 3 is 2.50 bits per heavy atom. The predicted octanol–water partition coefficient (Wildman–Crippen LogP) is 4.55. The number of benzene rings is 1. The van der Waals surface area contributed by atoms with Gasteiger partial charge in [-0.05, 0) is 42.5 Å². The van der Waals surface area contributed by atoms with E-state index in [4.69, 9.17) is 0 Å². The van der Waals surface area contributed by atoms with Crippen LogP contribution in [-0.4, -0.2) is 12.6 Å². The lowest BCUT2D eigenvalue weighted by Gasteiger charge is -2.32. The molecule has 1 atom stereocenters. The van der Waals surface area contributed by atoms with E-state index in [0.717, 1.165) is 29.4 Å². The van der Waals surface area contributed by atoms with E-state index in [0.29, 0.717) is 6.04 Å². The van der Waals surface area contributed by atoms with Crippen molar-refractivity contribution in [2.75, 3.05) is 6.54 Å². The van der Waals surface area contributed by atoms with Gasteiger partial charge < -0.3 is 5.32 Å². The van der Waals surface area contributed by atoms with Crippen LogP contribution in [0.4, 0.5) is 4.39 Å². The average Bonchev–Trinajstić information content (AvgIpc) is 2.25. The maximum Gasteiger partial charge on any atom is 0.124 e. The predicted molar refractivity (Wildman–Crippen MR) is 79.3 cm³/mol. The van der Waals surface area contributed by atoms with Gasteiger partial charge in [0.1, 0.15) is 5.82 Å². The SMILES string of the molecule is CCCNC(Cc1ccc(F)cc1Br)C(C)(C)C. The molecule has 0 radical (unpaired) electrons. The van der Waals surface area contributed by atoms with Crippen LogP contribution in [0.25, 0.3) is 0 Å². The highest BCUT2D eigenvalue weighted by molar-refractivity contribution is 9.10. The molecule has 1 rings (SSSR count). The zero-order valence-corrected chi connectivity index (χ0v) is 13.3. The van der Waals surface area contributed by atoms with E-state index in [1.807, 2.05) is 6.07 Å². The minimum Gasteiger partial charge on any atom is -0.313 e. The van der Waals surface area contributed by atoms with Gasteiger partial charge in [0, 0.05) is 10.5 Å². The van der Waals surface area contributed by atoms with Crippen LogP contribution in [0.1, 0.15) is 39.7 Å². The molecule has 1 aromatic rings. The Morgan fingerprint density at radius 2 is 2.00 bits per heavy atom. The molecule has 0 aliphatic rings. The molecule has 0 bridgehead atoms. The van der Waals surface area contributed by atoms with Gasteiger partial charge in [-0.2, -0.15) is 0 Å². The quantitative estimate of drug-likeness (QED) is 0.840. The Kier molecular flexibility index (Phi) is 5.80. The monoisotopic (exact) mass is 315 g/mol. The fraction of sp³-hybridized carbons (Fsp3) is 0.600. The van der Waals surface area contributed by atoms with Crippen LogP contribution in [-0.2, 0) is 6.42 Å². The van der Waals surface area contributed by atoms with Crippen LogP contribution in [0.15, 0.2) is 22.7 Å². The first-order valence-corrected chi connectivity index (χ1v) is 7.31. The molecule has 0 heterocycles. The minimum absolute atomic E-state index is 0.184. The number of hydrogen-bond donors (Lipinski definition) is 1. The van der Waals surface area contributed by atoms with E-state index >= 15 is 0 Å². The highest BCUT2D eigenvalue weighted by Crippen LogP contribution is 2.26. The summed E-state index contributed by atoms with van der Waals surface area (Å²) < 4.78 is 13.9. The summed E-state index contributed by atoms with van der Waals surface area (Å²) in [5, 5.41) is 3.59. The smallest absolute Gasteiger partial charge is 0.124 e. The van der Waals surface area contributed by atoms with E-state index in [-0.39, 0.29) is 11.2 Å². The molecule has 3 heteroatoms. The Bertz CT molecular complexity index is 385. The minimum atomic E-state index is -0.195. The molecule has 1 N–H and O–H groups in total. The third-order valence-electron chi connectivity index (χ3n) is 3.13. The lowest BCUT2D eigenvalue weighted by atomic mass is 9.83. The number of halogens is 2. The topological polar surface area (TPSA) is 12.0 Å². The Morgan fingerprint density at radius 1 is 1.33 bits per heavy atom. The maximum absolute atomic E-state index is 13.1. The number of hydrogen-bond acceptors (Lipinski definition) is 1. The van der Waals surface area contributed by atoms with Crippen molar-refractivity contribution in [3.05, 3.63) is 34.1 Å². The summed E-state index contributed by atoms with van der Waals surface area (Å²) in [6.07, 6.45) is 2.03. The third-order valence-corrected chi connectivity index (χ3v) is 3.86. The molecule has 0 aliphatic carbocycles. The lowest BCUT2D eigenvalue weighted by molar-refractivity contribution is 0.266. The second kappa shape index (κ2) is 6.67. The fourth-order valence-corrected chi connectivity index (χ4v) is 2.42. The molecule has 0 aromatic heterocycles. The third kappa shape index (κ3) is 4.69.